The second kappa shape index (κ2) is 6.58. The summed E-state index contributed by atoms with van der Waals surface area (Å²) in [7, 11) is 0. The Morgan fingerprint density at radius 3 is 3.05 bits per heavy atom. The van der Waals surface area contributed by atoms with E-state index in [-0.39, 0.29) is 6.04 Å². The molecule has 0 amide bonds. The van der Waals surface area contributed by atoms with Crippen LogP contribution in [0.4, 0.5) is 0 Å². The predicted molar refractivity (Wildman–Crippen MR) is 84.3 cm³/mol. The molecule has 4 nitrogen and oxygen atoms in total. The molecule has 1 aromatic heterocycles. The summed E-state index contributed by atoms with van der Waals surface area (Å²) in [6, 6.07) is 8.13. The Hall–Kier alpha value is -1.39. The Kier molecular flexibility index (Phi) is 4.56. The Balaban J connectivity index is 1.68. The minimum absolute atomic E-state index is 0.184. The van der Waals surface area contributed by atoms with Crippen LogP contribution >= 0.6 is 11.6 Å². The summed E-state index contributed by atoms with van der Waals surface area (Å²) in [5.41, 5.74) is 1.19. The Bertz CT molecular complexity index is 608. The number of hydrogen-bond donors (Lipinski definition) is 1. The van der Waals surface area contributed by atoms with Crippen LogP contribution in [0.5, 0.6) is 0 Å². The Morgan fingerprint density at radius 2 is 2.19 bits per heavy atom. The van der Waals surface area contributed by atoms with Crippen LogP contribution in [0.2, 0.25) is 5.02 Å². The summed E-state index contributed by atoms with van der Waals surface area (Å²) in [6.45, 7) is 3.97. The molecule has 5 heteroatoms. The third-order valence-corrected chi connectivity index (χ3v) is 4.26. The molecule has 21 heavy (non-hydrogen) atoms. The van der Waals surface area contributed by atoms with Crippen molar-refractivity contribution >= 4 is 11.6 Å². The highest BCUT2D eigenvalue weighted by Gasteiger charge is 2.18. The van der Waals surface area contributed by atoms with E-state index >= 15 is 0 Å². The maximum Gasteiger partial charge on any atom is 0.149 e. The van der Waals surface area contributed by atoms with Crippen molar-refractivity contribution in [2.45, 2.75) is 51.7 Å². The molecule has 2 aromatic rings. The zero-order chi connectivity index (χ0) is 14.7. The standard InChI is InChI=1S/C16H21ClN4/c1-12(18-11-13-6-5-7-14(17)10-13)16-20-19-15-8-3-2-4-9-21(15)16/h5-7,10,12,18H,2-4,8-9,11H2,1H3. The zero-order valence-electron chi connectivity index (χ0n) is 12.3. The van der Waals surface area contributed by atoms with Crippen LogP contribution in [0.1, 0.15) is 49.4 Å². The second-order valence-electron chi connectivity index (χ2n) is 5.67. The minimum Gasteiger partial charge on any atom is -0.314 e. The van der Waals surface area contributed by atoms with Crippen LogP contribution in [0.3, 0.4) is 0 Å². The van der Waals surface area contributed by atoms with E-state index in [1.54, 1.807) is 0 Å². The van der Waals surface area contributed by atoms with Crippen LogP contribution in [-0.4, -0.2) is 14.8 Å². The summed E-state index contributed by atoms with van der Waals surface area (Å²) in [5.74, 6) is 2.19. The average Bonchev–Trinajstić information content (AvgIpc) is 2.74. The van der Waals surface area contributed by atoms with Gasteiger partial charge in [0.2, 0.25) is 0 Å². The van der Waals surface area contributed by atoms with E-state index < -0.39 is 0 Å². The van der Waals surface area contributed by atoms with Gasteiger partial charge in [-0.1, -0.05) is 30.2 Å². The van der Waals surface area contributed by atoms with Gasteiger partial charge in [-0.2, -0.15) is 0 Å². The summed E-state index contributed by atoms with van der Waals surface area (Å²) in [5, 5.41) is 13.0. The molecule has 0 aliphatic carbocycles. The first-order valence-corrected chi connectivity index (χ1v) is 8.01. The molecule has 1 N–H and O–H groups in total. The largest absolute Gasteiger partial charge is 0.314 e. The summed E-state index contributed by atoms with van der Waals surface area (Å²) in [6.07, 6.45) is 4.78. The number of benzene rings is 1. The van der Waals surface area contributed by atoms with Crippen molar-refractivity contribution in [3.05, 3.63) is 46.5 Å². The molecule has 1 atom stereocenters. The second-order valence-corrected chi connectivity index (χ2v) is 6.11. The molecule has 2 heterocycles. The van der Waals surface area contributed by atoms with Crippen molar-refractivity contribution in [3.8, 4) is 0 Å². The van der Waals surface area contributed by atoms with Gasteiger partial charge in [-0.25, -0.2) is 0 Å². The summed E-state index contributed by atoms with van der Waals surface area (Å²) < 4.78 is 2.29. The highest BCUT2D eigenvalue weighted by atomic mass is 35.5. The first kappa shape index (κ1) is 14.5. The van der Waals surface area contributed by atoms with Gasteiger partial charge in [-0.05, 0) is 37.5 Å². The molecule has 1 aliphatic rings. The fraction of sp³-hybridized carbons (Fsp3) is 0.500. The maximum absolute atomic E-state index is 6.02. The monoisotopic (exact) mass is 304 g/mol. The fourth-order valence-electron chi connectivity index (χ4n) is 2.84. The van der Waals surface area contributed by atoms with E-state index in [0.717, 1.165) is 36.2 Å². The van der Waals surface area contributed by atoms with Crippen LogP contribution in [-0.2, 0) is 19.5 Å². The topological polar surface area (TPSA) is 42.7 Å². The Morgan fingerprint density at radius 1 is 1.29 bits per heavy atom. The number of hydrogen-bond acceptors (Lipinski definition) is 3. The lowest BCUT2D eigenvalue weighted by Crippen LogP contribution is -2.22. The van der Waals surface area contributed by atoms with Gasteiger partial charge in [-0.15, -0.1) is 10.2 Å². The van der Waals surface area contributed by atoms with Crippen LogP contribution < -0.4 is 5.32 Å². The quantitative estimate of drug-likeness (QED) is 0.940. The smallest absolute Gasteiger partial charge is 0.149 e. The number of aryl methyl sites for hydroxylation is 1. The molecule has 1 aromatic carbocycles. The zero-order valence-corrected chi connectivity index (χ0v) is 13.1. The van der Waals surface area contributed by atoms with E-state index in [9.17, 15) is 0 Å². The Labute approximate surface area is 130 Å². The fourth-order valence-corrected chi connectivity index (χ4v) is 3.05. The molecule has 0 saturated heterocycles. The normalized spacial score (nSPS) is 16.3. The van der Waals surface area contributed by atoms with Crippen molar-refractivity contribution in [1.29, 1.82) is 0 Å². The summed E-state index contributed by atoms with van der Waals surface area (Å²) >= 11 is 6.02. The summed E-state index contributed by atoms with van der Waals surface area (Å²) in [4.78, 5) is 0. The van der Waals surface area contributed by atoms with Gasteiger partial charge in [0.25, 0.3) is 0 Å². The van der Waals surface area contributed by atoms with Gasteiger partial charge < -0.3 is 9.88 Å². The molecule has 0 saturated carbocycles. The molecule has 0 spiro atoms. The third kappa shape index (κ3) is 3.44. The number of fused-ring (bicyclic) bond motifs is 1. The van der Waals surface area contributed by atoms with Crippen LogP contribution in [0, 0.1) is 0 Å². The molecule has 0 bridgehead atoms. The SMILES string of the molecule is CC(NCc1cccc(Cl)c1)c1nnc2n1CCCCC2. The van der Waals surface area contributed by atoms with E-state index in [1.807, 2.05) is 18.2 Å². The number of nitrogens with one attached hydrogen (secondary N) is 1. The molecule has 0 fully saturated rings. The number of nitrogens with zero attached hydrogens (tertiary/aromatic N) is 3. The van der Waals surface area contributed by atoms with Crippen molar-refractivity contribution in [1.82, 2.24) is 20.1 Å². The third-order valence-electron chi connectivity index (χ3n) is 4.03. The molecular formula is C16H21ClN4. The number of rotatable bonds is 4. The lowest BCUT2D eigenvalue weighted by atomic mass is 10.2. The highest BCUT2D eigenvalue weighted by molar-refractivity contribution is 6.30. The van der Waals surface area contributed by atoms with E-state index in [1.165, 1.54) is 24.8 Å². The molecular weight excluding hydrogens is 284 g/mol. The van der Waals surface area contributed by atoms with E-state index in [2.05, 4.69) is 33.1 Å². The number of halogens is 1. The van der Waals surface area contributed by atoms with Crippen molar-refractivity contribution in [2.75, 3.05) is 0 Å². The molecule has 0 radical (unpaired) electrons. The number of aromatic nitrogens is 3. The van der Waals surface area contributed by atoms with Gasteiger partial charge in [0, 0.05) is 24.5 Å². The van der Waals surface area contributed by atoms with Crippen LogP contribution in [0.25, 0.3) is 0 Å². The lowest BCUT2D eigenvalue weighted by Gasteiger charge is -2.15. The maximum atomic E-state index is 6.02. The van der Waals surface area contributed by atoms with Crippen molar-refractivity contribution in [3.63, 3.8) is 0 Å². The van der Waals surface area contributed by atoms with Crippen molar-refractivity contribution < 1.29 is 0 Å². The van der Waals surface area contributed by atoms with Gasteiger partial charge in [0.05, 0.1) is 6.04 Å². The molecule has 1 unspecified atom stereocenters. The highest BCUT2D eigenvalue weighted by Crippen LogP contribution is 2.19. The molecule has 3 rings (SSSR count). The van der Waals surface area contributed by atoms with E-state index in [4.69, 9.17) is 11.6 Å². The van der Waals surface area contributed by atoms with E-state index in [0.29, 0.717) is 0 Å². The average molecular weight is 305 g/mol. The first-order valence-electron chi connectivity index (χ1n) is 7.64. The van der Waals surface area contributed by atoms with Gasteiger partial charge in [0.1, 0.15) is 11.6 Å². The molecule has 112 valence electrons. The van der Waals surface area contributed by atoms with Gasteiger partial charge in [-0.3, -0.25) is 0 Å². The molecule has 1 aliphatic heterocycles. The van der Waals surface area contributed by atoms with Crippen molar-refractivity contribution in [2.24, 2.45) is 0 Å². The van der Waals surface area contributed by atoms with Crippen LogP contribution in [0.15, 0.2) is 24.3 Å². The predicted octanol–water partition coefficient (Wildman–Crippen LogP) is 3.51. The van der Waals surface area contributed by atoms with Gasteiger partial charge in [0.15, 0.2) is 0 Å². The lowest BCUT2D eigenvalue weighted by molar-refractivity contribution is 0.502. The first-order chi connectivity index (χ1) is 10.2. The minimum atomic E-state index is 0.184. The van der Waals surface area contributed by atoms with Gasteiger partial charge >= 0.3 is 0 Å².